The number of oxime groups is 1. The molecule has 0 aliphatic heterocycles. The van der Waals surface area contributed by atoms with Crippen LogP contribution in [-0.2, 0) is 19.2 Å². The van der Waals surface area contributed by atoms with Crippen molar-refractivity contribution in [3.8, 4) is 0 Å². The number of hydrogen-bond donors (Lipinski definition) is 2. The molecule has 1 aromatic rings. The molecule has 1 rings (SSSR count). The zero-order valence-electron chi connectivity index (χ0n) is 8.95. The van der Waals surface area contributed by atoms with Gasteiger partial charge in [0.1, 0.15) is 12.3 Å². The predicted octanol–water partition coefficient (Wildman–Crippen LogP) is 0.0165. The summed E-state index contributed by atoms with van der Waals surface area (Å²) in [5.74, 6) is -1.03. The van der Waals surface area contributed by atoms with Crippen molar-refractivity contribution in [1.82, 2.24) is 4.98 Å². The van der Waals surface area contributed by atoms with Crippen LogP contribution in [0.2, 0.25) is 0 Å². The topological polar surface area (TPSA) is 118 Å². The van der Waals surface area contributed by atoms with E-state index < -0.39 is 5.97 Å². The molecule has 18 heavy (non-hydrogen) atoms. The lowest BCUT2D eigenvalue weighted by Crippen LogP contribution is -2.06. The first-order valence-corrected chi connectivity index (χ1v) is 5.51. The number of carboxylic acid groups (broad SMARTS) is 1. The molecule has 1 amide bonds. The van der Waals surface area contributed by atoms with Gasteiger partial charge in [-0.15, -0.1) is 11.3 Å². The lowest BCUT2D eigenvalue weighted by atomic mass is 10.3. The van der Waals surface area contributed by atoms with Crippen molar-refractivity contribution in [3.05, 3.63) is 11.1 Å². The third-order valence-electron chi connectivity index (χ3n) is 1.59. The molecule has 0 aliphatic rings. The summed E-state index contributed by atoms with van der Waals surface area (Å²) < 4.78 is 0. The van der Waals surface area contributed by atoms with E-state index in [0.717, 1.165) is 11.3 Å². The molecule has 0 bridgehead atoms. The summed E-state index contributed by atoms with van der Waals surface area (Å²) in [4.78, 5) is 39.5. The third-order valence-corrected chi connectivity index (χ3v) is 2.36. The van der Waals surface area contributed by atoms with Crippen molar-refractivity contribution >= 4 is 40.8 Å². The minimum Gasteiger partial charge on any atom is -0.481 e. The lowest BCUT2D eigenvalue weighted by molar-refractivity contribution is -0.138. The van der Waals surface area contributed by atoms with Crippen molar-refractivity contribution in [2.45, 2.75) is 6.42 Å². The summed E-state index contributed by atoms with van der Waals surface area (Å²) in [5, 5.41) is 15.9. The molecule has 0 aromatic carbocycles. The molecule has 0 unspecified atom stereocenters. The summed E-state index contributed by atoms with van der Waals surface area (Å²) in [7, 11) is 0. The van der Waals surface area contributed by atoms with Crippen LogP contribution in [-0.4, -0.2) is 41.1 Å². The van der Waals surface area contributed by atoms with Crippen molar-refractivity contribution in [3.63, 3.8) is 0 Å². The first-order valence-electron chi connectivity index (χ1n) is 4.63. The molecule has 0 fully saturated rings. The quantitative estimate of drug-likeness (QED) is 0.297. The van der Waals surface area contributed by atoms with Gasteiger partial charge in [0.25, 0.3) is 6.29 Å². The van der Waals surface area contributed by atoms with E-state index in [0.29, 0.717) is 11.5 Å². The van der Waals surface area contributed by atoms with Crippen LogP contribution in [0.15, 0.2) is 10.5 Å². The van der Waals surface area contributed by atoms with Crippen LogP contribution in [0.3, 0.4) is 0 Å². The van der Waals surface area contributed by atoms with E-state index in [2.05, 4.69) is 20.3 Å². The van der Waals surface area contributed by atoms with Crippen LogP contribution < -0.4 is 5.32 Å². The Kier molecular flexibility index (Phi) is 5.45. The smallest absolute Gasteiger partial charge is 0.306 e. The van der Waals surface area contributed by atoms with Crippen LogP contribution in [0.5, 0.6) is 0 Å². The van der Waals surface area contributed by atoms with Gasteiger partial charge in [0.05, 0.1) is 6.42 Å². The normalized spacial score (nSPS) is 10.8. The summed E-state index contributed by atoms with van der Waals surface area (Å²) in [6.45, 7) is -0.163. The minimum atomic E-state index is -1.03. The molecule has 1 heterocycles. The van der Waals surface area contributed by atoms with Gasteiger partial charge in [0.2, 0.25) is 6.41 Å². The fourth-order valence-corrected chi connectivity index (χ4v) is 1.51. The molecule has 1 radical (unpaired) electrons. The van der Waals surface area contributed by atoms with Crippen molar-refractivity contribution in [2.24, 2.45) is 5.16 Å². The van der Waals surface area contributed by atoms with Gasteiger partial charge in [-0.25, -0.2) is 4.98 Å². The Morgan fingerprint density at radius 2 is 2.50 bits per heavy atom. The number of hydrogen-bond acceptors (Lipinski definition) is 7. The Balaban J connectivity index is 2.63. The van der Waals surface area contributed by atoms with Crippen LogP contribution in [0, 0.1) is 0 Å². The Bertz CT molecular complexity index is 471. The molecule has 0 saturated carbocycles. The minimum absolute atomic E-state index is 0.163. The van der Waals surface area contributed by atoms with Crippen LogP contribution >= 0.6 is 11.3 Å². The highest BCUT2D eigenvalue weighted by molar-refractivity contribution is 7.14. The van der Waals surface area contributed by atoms with Crippen molar-refractivity contribution in [1.29, 1.82) is 0 Å². The Morgan fingerprint density at radius 3 is 3.11 bits per heavy atom. The number of aliphatic carboxylic acids is 1. The van der Waals surface area contributed by atoms with Gasteiger partial charge in [-0.3, -0.25) is 14.4 Å². The first-order chi connectivity index (χ1) is 8.67. The number of anilines is 1. The number of carbonyl (C=O) groups excluding carboxylic acids is 2. The van der Waals surface area contributed by atoms with Gasteiger partial charge in [0.15, 0.2) is 10.8 Å². The number of carbonyl (C=O) groups is 2. The largest absolute Gasteiger partial charge is 0.481 e. The number of aromatic nitrogens is 1. The van der Waals surface area contributed by atoms with Crippen molar-refractivity contribution in [2.75, 3.05) is 11.9 Å². The average Bonchev–Trinajstić information content (AvgIpc) is 2.78. The zero-order valence-corrected chi connectivity index (χ0v) is 9.77. The maximum atomic E-state index is 10.6. The second-order valence-corrected chi connectivity index (χ2v) is 3.68. The molecule has 9 heteroatoms. The number of amides is 1. The summed E-state index contributed by atoms with van der Waals surface area (Å²) in [6, 6.07) is 0. The summed E-state index contributed by atoms with van der Waals surface area (Å²) in [6.07, 6.45) is 1.74. The number of thiazole rings is 1. The Hall–Kier alpha value is -2.29. The van der Waals surface area contributed by atoms with Crippen LogP contribution in [0.4, 0.5) is 5.13 Å². The van der Waals surface area contributed by atoms with Crippen LogP contribution in [0.25, 0.3) is 0 Å². The van der Waals surface area contributed by atoms with Gasteiger partial charge in [-0.05, 0) is 0 Å². The molecule has 95 valence electrons. The average molecular weight is 270 g/mol. The summed E-state index contributed by atoms with van der Waals surface area (Å²) in [5.41, 5.74) is -0.00902. The van der Waals surface area contributed by atoms with Gasteiger partial charge in [-0.1, -0.05) is 5.16 Å². The van der Waals surface area contributed by atoms with E-state index in [1.165, 1.54) is 11.7 Å². The fraction of sp³-hybridized carbons (Fsp3) is 0.222. The molecule has 8 nitrogen and oxygen atoms in total. The number of nitrogens with zero attached hydrogens (tertiary/aromatic N) is 2. The van der Waals surface area contributed by atoms with Gasteiger partial charge < -0.3 is 15.3 Å². The van der Waals surface area contributed by atoms with E-state index in [9.17, 15) is 14.4 Å². The molecule has 2 N–H and O–H groups in total. The van der Waals surface area contributed by atoms with Gasteiger partial charge in [0, 0.05) is 5.38 Å². The second-order valence-electron chi connectivity index (χ2n) is 2.82. The van der Waals surface area contributed by atoms with Crippen molar-refractivity contribution < 1.29 is 24.3 Å². The number of carboxylic acids is 1. The zero-order chi connectivity index (χ0) is 13.4. The molecule has 1 aromatic heterocycles. The summed E-state index contributed by atoms with van der Waals surface area (Å²) >= 11 is 1.10. The fourth-order valence-electron chi connectivity index (χ4n) is 0.860. The van der Waals surface area contributed by atoms with E-state index in [1.807, 2.05) is 0 Å². The monoisotopic (exact) mass is 270 g/mol. The highest BCUT2D eigenvalue weighted by atomic mass is 32.1. The van der Waals surface area contributed by atoms with Gasteiger partial charge >= 0.3 is 5.97 Å². The maximum Gasteiger partial charge on any atom is 0.306 e. The highest BCUT2D eigenvalue weighted by Gasteiger charge is 2.10. The van der Waals surface area contributed by atoms with E-state index >= 15 is 0 Å². The SMILES string of the molecule is O=[C]C(=NOCCC(=O)O)c1csc(NC=O)n1. The van der Waals surface area contributed by atoms with E-state index in [4.69, 9.17) is 5.11 Å². The molecular formula is C9H8N3O5S. The van der Waals surface area contributed by atoms with E-state index in [-0.39, 0.29) is 24.4 Å². The first kappa shape index (κ1) is 13.8. The Labute approximate surface area is 105 Å². The molecule has 0 saturated heterocycles. The highest BCUT2D eigenvalue weighted by Crippen LogP contribution is 2.14. The molecule has 0 atom stereocenters. The second kappa shape index (κ2) is 7.12. The molecular weight excluding hydrogens is 262 g/mol. The third kappa shape index (κ3) is 4.29. The lowest BCUT2D eigenvalue weighted by Gasteiger charge is -1.96. The van der Waals surface area contributed by atoms with Gasteiger partial charge in [-0.2, -0.15) is 0 Å². The number of rotatable bonds is 8. The van der Waals surface area contributed by atoms with Crippen LogP contribution in [0.1, 0.15) is 12.1 Å². The Morgan fingerprint density at radius 1 is 1.72 bits per heavy atom. The maximum absolute atomic E-state index is 10.6. The molecule has 0 spiro atoms. The molecule has 0 aliphatic carbocycles. The predicted molar refractivity (Wildman–Crippen MR) is 62.2 cm³/mol. The standard InChI is InChI=1S/C9H8N3O5S/c13-3-6(12-17-2-1-8(15)16)7-4-18-9(11-7)10-5-14/h4-5H,1-2H2,(H,15,16)(H,10,11,14). The van der Waals surface area contributed by atoms with E-state index in [1.54, 1.807) is 0 Å². The number of nitrogens with one attached hydrogen (secondary N) is 1.